The largest absolute Gasteiger partial charge is 0.387 e. The number of likely N-dealkylation sites (N-methyl/N-ethyl adjacent to an activating group) is 1. The molecule has 0 aromatic heterocycles. The number of rotatable bonds is 10. The Balaban J connectivity index is 0.000000284. The normalized spacial score (nSPS) is 13.1. The number of hydrogen-bond donors (Lipinski definition) is 4. The minimum atomic E-state index is -0.236. The van der Waals surface area contributed by atoms with Crippen LogP contribution in [0.3, 0.4) is 0 Å². The predicted molar refractivity (Wildman–Crippen MR) is 152 cm³/mol. The fraction of sp³-hybridized carbons (Fsp3) is 0.258. The molecule has 0 atom stereocenters. The van der Waals surface area contributed by atoms with E-state index in [1.807, 2.05) is 43.3 Å². The van der Waals surface area contributed by atoms with E-state index in [0.717, 1.165) is 18.4 Å². The Morgan fingerprint density at radius 2 is 1.66 bits per heavy atom. The molecule has 1 aliphatic rings. The Hall–Kier alpha value is -4.39. The third kappa shape index (κ3) is 8.06. The fourth-order valence-electron chi connectivity index (χ4n) is 4.06. The lowest BCUT2D eigenvalue weighted by molar-refractivity contribution is -0.119. The molecular formula is C31H36N4O3. The summed E-state index contributed by atoms with van der Waals surface area (Å²) in [7, 11) is 0. The van der Waals surface area contributed by atoms with E-state index >= 15 is 0 Å². The topological polar surface area (TPSA) is 99.3 Å². The van der Waals surface area contributed by atoms with Gasteiger partial charge >= 0.3 is 0 Å². The summed E-state index contributed by atoms with van der Waals surface area (Å²) in [5, 5.41) is 13.9. The van der Waals surface area contributed by atoms with Crippen molar-refractivity contribution in [2.45, 2.75) is 38.8 Å². The van der Waals surface area contributed by atoms with Gasteiger partial charge in [-0.15, -0.1) is 0 Å². The van der Waals surface area contributed by atoms with Gasteiger partial charge in [0, 0.05) is 38.2 Å². The first-order valence-electron chi connectivity index (χ1n) is 12.8. The molecule has 38 heavy (non-hydrogen) atoms. The Bertz CT molecular complexity index is 1310. The summed E-state index contributed by atoms with van der Waals surface area (Å²) in [6.45, 7) is 8.55. The summed E-state index contributed by atoms with van der Waals surface area (Å²) < 4.78 is 0. The van der Waals surface area contributed by atoms with Crippen molar-refractivity contribution < 1.29 is 14.4 Å². The van der Waals surface area contributed by atoms with E-state index in [1.165, 1.54) is 29.3 Å². The van der Waals surface area contributed by atoms with Crippen molar-refractivity contribution >= 4 is 28.5 Å². The standard InChI is InChI=1S/C23H22N2O.C8H14N2O2/c1-2-24-16-19-9-5-6-10-21(19)22(26)25-23(13-14-23)20-12-11-17-7-3-4-8-18(17)15-20;1-3-9-8(12)5-4-6-10-7(2)11/h2-12,15,24H,1,13-14,16H2,(H,25,26);4-5H,3,6H2,1-2H3,(H,9,12)(H,10,11)/b;5-4+. The van der Waals surface area contributed by atoms with Crippen LogP contribution in [0, 0.1) is 0 Å². The smallest absolute Gasteiger partial charge is 0.252 e. The lowest BCUT2D eigenvalue weighted by atomic mass is 9.99. The number of benzene rings is 3. The van der Waals surface area contributed by atoms with Crippen molar-refractivity contribution in [3.8, 4) is 0 Å². The van der Waals surface area contributed by atoms with Crippen LogP contribution in [0.4, 0.5) is 0 Å². The van der Waals surface area contributed by atoms with Crippen molar-refractivity contribution in [3.05, 3.63) is 108 Å². The van der Waals surface area contributed by atoms with E-state index in [0.29, 0.717) is 25.2 Å². The van der Waals surface area contributed by atoms with Crippen LogP contribution in [0.25, 0.3) is 10.8 Å². The Labute approximate surface area is 224 Å². The Kier molecular flexibility index (Phi) is 10.2. The monoisotopic (exact) mass is 512 g/mol. The van der Waals surface area contributed by atoms with E-state index < -0.39 is 0 Å². The quantitative estimate of drug-likeness (QED) is 0.304. The van der Waals surface area contributed by atoms with Crippen molar-refractivity contribution in [2.75, 3.05) is 13.1 Å². The third-order valence-electron chi connectivity index (χ3n) is 6.19. The fourth-order valence-corrected chi connectivity index (χ4v) is 4.06. The molecule has 1 fully saturated rings. The van der Waals surface area contributed by atoms with Crippen LogP contribution in [0.15, 0.2) is 91.7 Å². The highest BCUT2D eigenvalue weighted by atomic mass is 16.2. The molecule has 1 aliphatic carbocycles. The molecule has 0 spiro atoms. The van der Waals surface area contributed by atoms with Gasteiger partial charge in [-0.2, -0.15) is 0 Å². The number of nitrogens with one attached hydrogen (secondary N) is 4. The molecule has 7 nitrogen and oxygen atoms in total. The van der Waals surface area contributed by atoms with Gasteiger partial charge in [0.1, 0.15) is 0 Å². The third-order valence-corrected chi connectivity index (χ3v) is 6.19. The Morgan fingerprint density at radius 3 is 2.34 bits per heavy atom. The first-order chi connectivity index (χ1) is 18.4. The number of hydrogen-bond acceptors (Lipinski definition) is 4. The zero-order chi connectivity index (χ0) is 27.4. The van der Waals surface area contributed by atoms with Crippen molar-refractivity contribution in [2.24, 2.45) is 0 Å². The first kappa shape index (κ1) is 28.2. The maximum absolute atomic E-state index is 13.0. The van der Waals surface area contributed by atoms with Crippen LogP contribution >= 0.6 is 0 Å². The molecule has 0 unspecified atom stereocenters. The van der Waals surface area contributed by atoms with Gasteiger partial charge in [0.25, 0.3) is 5.91 Å². The summed E-state index contributed by atoms with van der Waals surface area (Å²) in [6, 6.07) is 22.5. The van der Waals surface area contributed by atoms with Crippen LogP contribution in [0.2, 0.25) is 0 Å². The van der Waals surface area contributed by atoms with Crippen LogP contribution < -0.4 is 21.3 Å². The second kappa shape index (κ2) is 13.8. The Morgan fingerprint density at radius 1 is 0.947 bits per heavy atom. The second-order valence-electron chi connectivity index (χ2n) is 9.07. The van der Waals surface area contributed by atoms with Gasteiger partial charge in [-0.25, -0.2) is 0 Å². The van der Waals surface area contributed by atoms with Crippen LogP contribution in [0.1, 0.15) is 48.2 Å². The van der Waals surface area contributed by atoms with E-state index in [9.17, 15) is 14.4 Å². The van der Waals surface area contributed by atoms with E-state index in [4.69, 9.17) is 0 Å². The molecule has 0 radical (unpaired) electrons. The van der Waals surface area contributed by atoms with Crippen molar-refractivity contribution in [3.63, 3.8) is 0 Å². The molecule has 0 heterocycles. The predicted octanol–water partition coefficient (Wildman–Crippen LogP) is 4.31. The molecule has 1 saturated carbocycles. The lowest BCUT2D eigenvalue weighted by Crippen LogP contribution is -2.35. The van der Waals surface area contributed by atoms with Crippen molar-refractivity contribution in [1.29, 1.82) is 0 Å². The number of fused-ring (bicyclic) bond motifs is 1. The van der Waals surface area contributed by atoms with E-state index in [-0.39, 0.29) is 23.3 Å². The average Bonchev–Trinajstić information content (AvgIpc) is 3.70. The molecule has 0 saturated heterocycles. The highest BCUT2D eigenvalue weighted by molar-refractivity contribution is 5.96. The first-order valence-corrected chi connectivity index (χ1v) is 12.8. The van der Waals surface area contributed by atoms with E-state index in [1.54, 1.807) is 12.3 Å². The SMILES string of the molecule is C=CNCc1ccccc1C(=O)NC1(c2ccc3ccccc3c2)CC1.CCNC(=O)/C=C/CNC(C)=O. The molecule has 4 rings (SSSR count). The highest BCUT2D eigenvalue weighted by Gasteiger charge is 2.46. The number of amides is 3. The summed E-state index contributed by atoms with van der Waals surface area (Å²) >= 11 is 0. The van der Waals surface area contributed by atoms with Gasteiger partial charge in [-0.3, -0.25) is 14.4 Å². The van der Waals surface area contributed by atoms with Crippen molar-refractivity contribution in [1.82, 2.24) is 21.3 Å². The van der Waals surface area contributed by atoms with Gasteiger partial charge in [-0.05, 0) is 60.0 Å². The molecule has 0 bridgehead atoms. The maximum Gasteiger partial charge on any atom is 0.252 e. The van der Waals surface area contributed by atoms with Crippen LogP contribution in [0.5, 0.6) is 0 Å². The van der Waals surface area contributed by atoms with Crippen LogP contribution in [-0.4, -0.2) is 30.8 Å². The minimum absolute atomic E-state index is 0.0166. The van der Waals surface area contributed by atoms with Gasteiger partial charge < -0.3 is 21.3 Å². The maximum atomic E-state index is 13.0. The molecule has 3 amide bonds. The molecule has 7 heteroatoms. The summed E-state index contributed by atoms with van der Waals surface area (Å²) in [5.41, 5.74) is 2.64. The lowest BCUT2D eigenvalue weighted by Gasteiger charge is -2.20. The molecule has 0 aliphatic heterocycles. The average molecular weight is 513 g/mol. The second-order valence-corrected chi connectivity index (χ2v) is 9.07. The molecule has 4 N–H and O–H groups in total. The molecule has 3 aromatic carbocycles. The van der Waals surface area contributed by atoms with Gasteiger partial charge in [-0.1, -0.05) is 67.3 Å². The zero-order valence-corrected chi connectivity index (χ0v) is 22.1. The zero-order valence-electron chi connectivity index (χ0n) is 22.1. The number of carbonyl (C=O) groups is 3. The summed E-state index contributed by atoms with van der Waals surface area (Å²) in [6.07, 6.45) is 6.60. The number of carbonyl (C=O) groups excluding carboxylic acids is 3. The van der Waals surface area contributed by atoms with E-state index in [2.05, 4.69) is 58.2 Å². The summed E-state index contributed by atoms with van der Waals surface area (Å²) in [4.78, 5) is 34.1. The summed E-state index contributed by atoms with van der Waals surface area (Å²) in [5.74, 6) is -0.254. The minimum Gasteiger partial charge on any atom is -0.387 e. The van der Waals surface area contributed by atoms with Gasteiger partial charge in [0.2, 0.25) is 11.8 Å². The molecule has 198 valence electrons. The molecular weight excluding hydrogens is 476 g/mol. The highest BCUT2D eigenvalue weighted by Crippen LogP contribution is 2.46. The van der Waals surface area contributed by atoms with Gasteiger partial charge in [0.05, 0.1) is 5.54 Å². The molecule has 3 aromatic rings. The van der Waals surface area contributed by atoms with Crippen LogP contribution in [-0.2, 0) is 21.7 Å². The van der Waals surface area contributed by atoms with Gasteiger partial charge in [0.15, 0.2) is 0 Å².